The number of carbonyl (C=O) groups excluding carboxylic acids is 2. The van der Waals surface area contributed by atoms with Crippen LogP contribution in [0.25, 0.3) is 10.2 Å². The van der Waals surface area contributed by atoms with E-state index >= 15 is 0 Å². The minimum Gasteiger partial charge on any atom is -0.493 e. The van der Waals surface area contributed by atoms with E-state index in [1.807, 2.05) is 98.4 Å². The van der Waals surface area contributed by atoms with Crippen LogP contribution in [0.4, 0.5) is 10.5 Å². The summed E-state index contributed by atoms with van der Waals surface area (Å²) < 4.78 is 20.5. The number of nitrogens with one attached hydrogen (secondary N) is 1. The van der Waals surface area contributed by atoms with Gasteiger partial charge in [0, 0.05) is 37.3 Å². The summed E-state index contributed by atoms with van der Waals surface area (Å²) in [5, 5.41) is 5.06. The van der Waals surface area contributed by atoms with Crippen LogP contribution >= 0.6 is 11.3 Å². The summed E-state index contributed by atoms with van der Waals surface area (Å²) in [6.07, 6.45) is 0.621. The molecule has 2 aromatic carbocycles. The molecule has 1 N–H and O–H groups in total. The molecule has 0 bridgehead atoms. The molecule has 3 heterocycles. The number of aromatic nitrogens is 1. The van der Waals surface area contributed by atoms with Gasteiger partial charge in [0.05, 0.1) is 16.8 Å². The molecule has 9 heteroatoms. The zero-order valence-corrected chi connectivity index (χ0v) is 24.1. The Hall–Kier alpha value is -3.98. The second-order valence-corrected chi connectivity index (χ2v) is 12.0. The number of benzene rings is 2. The molecule has 1 aliphatic heterocycles. The molecule has 1 aliphatic rings. The topological polar surface area (TPSA) is 82.0 Å². The van der Waals surface area contributed by atoms with Crippen molar-refractivity contribution in [1.29, 1.82) is 0 Å². The first-order valence-electron chi connectivity index (χ1n) is 13.4. The quantitative estimate of drug-likeness (QED) is 0.259. The van der Waals surface area contributed by atoms with Crippen molar-refractivity contribution in [2.24, 2.45) is 13.0 Å². The molecule has 5 rings (SSSR count). The highest BCUT2D eigenvalue weighted by Gasteiger charge is 2.30. The van der Waals surface area contributed by atoms with Gasteiger partial charge in [-0.05, 0) is 75.0 Å². The number of ether oxygens (including phenoxy) is 3. The van der Waals surface area contributed by atoms with Gasteiger partial charge in [-0.3, -0.25) is 4.79 Å². The third-order valence-electron chi connectivity index (χ3n) is 6.80. The van der Waals surface area contributed by atoms with E-state index in [4.69, 9.17) is 14.2 Å². The van der Waals surface area contributed by atoms with Gasteiger partial charge in [0.25, 0.3) is 5.91 Å². The first-order valence-corrected chi connectivity index (χ1v) is 14.3. The highest BCUT2D eigenvalue weighted by molar-refractivity contribution is 7.17. The molecule has 4 aromatic rings. The molecular weight excluding hydrogens is 526 g/mol. The summed E-state index contributed by atoms with van der Waals surface area (Å²) in [5.41, 5.74) is 2.76. The second kappa shape index (κ2) is 11.6. The second-order valence-electron chi connectivity index (χ2n) is 11.0. The number of nitrogens with zero attached hydrogens (tertiary/aromatic N) is 2. The maximum Gasteiger partial charge on any atom is 0.410 e. The van der Waals surface area contributed by atoms with Gasteiger partial charge in [0.1, 0.15) is 29.4 Å². The molecule has 0 spiro atoms. The van der Waals surface area contributed by atoms with Crippen molar-refractivity contribution in [2.75, 3.05) is 25.0 Å². The average Bonchev–Trinajstić information content (AvgIpc) is 3.65. The molecule has 0 unspecified atom stereocenters. The van der Waals surface area contributed by atoms with Crippen LogP contribution in [-0.2, 0) is 18.4 Å². The van der Waals surface area contributed by atoms with Gasteiger partial charge in [0.15, 0.2) is 0 Å². The van der Waals surface area contributed by atoms with Crippen molar-refractivity contribution >= 4 is 39.2 Å². The zero-order valence-electron chi connectivity index (χ0n) is 23.3. The Bertz CT molecular complexity index is 1480. The van der Waals surface area contributed by atoms with Crippen LogP contribution in [0.2, 0.25) is 0 Å². The van der Waals surface area contributed by atoms with Gasteiger partial charge in [-0.25, -0.2) is 4.79 Å². The molecule has 0 saturated carbocycles. The molecule has 2 amide bonds. The predicted molar refractivity (Wildman–Crippen MR) is 157 cm³/mol. The van der Waals surface area contributed by atoms with Crippen LogP contribution in [-0.4, -0.2) is 46.8 Å². The van der Waals surface area contributed by atoms with Crippen LogP contribution in [0.3, 0.4) is 0 Å². The van der Waals surface area contributed by atoms with E-state index in [2.05, 4.69) is 5.32 Å². The van der Waals surface area contributed by atoms with Gasteiger partial charge in [0.2, 0.25) is 0 Å². The van der Waals surface area contributed by atoms with Crippen molar-refractivity contribution in [3.05, 3.63) is 77.3 Å². The van der Waals surface area contributed by atoms with Gasteiger partial charge in [-0.2, -0.15) is 0 Å². The summed E-state index contributed by atoms with van der Waals surface area (Å²) in [6, 6.07) is 19.1. The Morgan fingerprint density at radius 2 is 1.75 bits per heavy atom. The van der Waals surface area contributed by atoms with Crippen molar-refractivity contribution in [3.8, 4) is 11.5 Å². The van der Waals surface area contributed by atoms with Gasteiger partial charge >= 0.3 is 6.09 Å². The molecule has 0 radical (unpaired) electrons. The molecule has 1 fully saturated rings. The Kier molecular flexibility index (Phi) is 8.02. The lowest BCUT2D eigenvalue weighted by molar-refractivity contribution is 0.0284. The van der Waals surface area contributed by atoms with E-state index in [1.165, 1.54) is 0 Å². The van der Waals surface area contributed by atoms with Crippen molar-refractivity contribution in [1.82, 2.24) is 9.47 Å². The number of para-hydroxylation sites is 1. The monoisotopic (exact) mass is 561 g/mol. The lowest BCUT2D eigenvalue weighted by Crippen LogP contribution is -2.35. The SMILES string of the molecule is Cn1c(C(=O)Nc2ccccc2COc2ccc(OC[C@H]3CCN(C(=O)OC(C)(C)C)C3)cc2)cc2sccc21. The van der Waals surface area contributed by atoms with Crippen LogP contribution in [0.15, 0.2) is 66.0 Å². The number of anilines is 1. The Balaban J connectivity index is 1.12. The highest BCUT2D eigenvalue weighted by atomic mass is 32.1. The number of amides is 2. The first kappa shape index (κ1) is 27.6. The zero-order chi connectivity index (χ0) is 28.3. The van der Waals surface area contributed by atoms with Crippen LogP contribution in [0.5, 0.6) is 11.5 Å². The average molecular weight is 562 g/mol. The number of carbonyl (C=O) groups is 2. The summed E-state index contributed by atoms with van der Waals surface area (Å²) >= 11 is 1.62. The normalized spacial score (nSPS) is 15.3. The summed E-state index contributed by atoms with van der Waals surface area (Å²) in [6.45, 7) is 7.78. The van der Waals surface area contributed by atoms with Crippen molar-refractivity contribution < 1.29 is 23.8 Å². The molecule has 2 aromatic heterocycles. The molecule has 1 atom stereocenters. The van der Waals surface area contributed by atoms with E-state index < -0.39 is 5.60 Å². The van der Waals surface area contributed by atoms with Crippen molar-refractivity contribution in [3.63, 3.8) is 0 Å². The fourth-order valence-corrected chi connectivity index (χ4v) is 5.54. The number of aryl methyl sites for hydroxylation is 1. The van der Waals surface area contributed by atoms with Crippen LogP contribution in [0, 0.1) is 5.92 Å². The summed E-state index contributed by atoms with van der Waals surface area (Å²) in [7, 11) is 1.90. The van der Waals surface area contributed by atoms with Gasteiger partial charge in [-0.1, -0.05) is 18.2 Å². The van der Waals surface area contributed by atoms with Gasteiger partial charge in [-0.15, -0.1) is 11.3 Å². The highest BCUT2D eigenvalue weighted by Crippen LogP contribution is 2.27. The molecule has 210 valence electrons. The Labute approximate surface area is 238 Å². The van der Waals surface area contributed by atoms with E-state index in [-0.39, 0.29) is 17.9 Å². The lowest BCUT2D eigenvalue weighted by atomic mass is 10.1. The third-order valence-corrected chi connectivity index (χ3v) is 7.66. The summed E-state index contributed by atoms with van der Waals surface area (Å²) in [4.78, 5) is 27.1. The van der Waals surface area contributed by atoms with Crippen molar-refractivity contribution in [2.45, 2.75) is 39.4 Å². The maximum absolute atomic E-state index is 13.0. The van der Waals surface area contributed by atoms with E-state index in [9.17, 15) is 9.59 Å². The Morgan fingerprint density at radius 1 is 1.02 bits per heavy atom. The van der Waals surface area contributed by atoms with E-state index in [0.717, 1.165) is 28.0 Å². The maximum atomic E-state index is 13.0. The number of thiophene rings is 1. The fraction of sp³-hybridized carbons (Fsp3) is 0.355. The molecular formula is C31H35N3O5S. The largest absolute Gasteiger partial charge is 0.493 e. The number of fused-ring (bicyclic) bond motifs is 1. The number of likely N-dealkylation sites (tertiary alicyclic amines) is 1. The van der Waals surface area contributed by atoms with Gasteiger partial charge < -0.3 is 29.0 Å². The number of rotatable bonds is 8. The smallest absolute Gasteiger partial charge is 0.410 e. The Morgan fingerprint density at radius 3 is 2.48 bits per heavy atom. The van der Waals surface area contributed by atoms with Crippen LogP contribution in [0.1, 0.15) is 43.2 Å². The number of hydrogen-bond acceptors (Lipinski definition) is 6. The van der Waals surface area contributed by atoms with Crippen LogP contribution < -0.4 is 14.8 Å². The van der Waals surface area contributed by atoms with E-state index in [1.54, 1.807) is 16.2 Å². The molecule has 8 nitrogen and oxygen atoms in total. The summed E-state index contributed by atoms with van der Waals surface area (Å²) in [5.74, 6) is 1.56. The predicted octanol–water partition coefficient (Wildman–Crippen LogP) is 6.71. The molecule has 0 aliphatic carbocycles. The minimum absolute atomic E-state index is 0.156. The number of hydrogen-bond donors (Lipinski definition) is 1. The minimum atomic E-state index is -0.495. The standard InChI is InChI=1S/C31H35N3O5S/c1-31(2,3)39-30(36)34-15-13-21(18-34)19-37-23-9-11-24(12-10-23)38-20-22-7-5-6-8-25(22)32-29(35)27-17-28-26(33(27)4)14-16-40-28/h5-12,14,16-17,21H,13,15,18-20H2,1-4H3,(H,32,35)/t21-/m0/s1. The lowest BCUT2D eigenvalue weighted by Gasteiger charge is -2.24. The van der Waals surface area contributed by atoms with E-state index in [0.29, 0.717) is 43.4 Å². The first-order chi connectivity index (χ1) is 19.2. The molecule has 1 saturated heterocycles. The third kappa shape index (κ3) is 6.59. The molecule has 40 heavy (non-hydrogen) atoms. The fourth-order valence-electron chi connectivity index (χ4n) is 4.69.